The number of hydrogen-bond donors (Lipinski definition) is 1. The third kappa shape index (κ3) is 3.06. The number of fused-ring (bicyclic) bond motifs is 1. The molecular formula is C22H19NS2. The fraction of sp³-hybridized carbons (Fsp3) is 0.0909. The Bertz CT molecular complexity index is 1010. The van der Waals surface area contributed by atoms with Crippen LogP contribution in [0, 0.1) is 0 Å². The first kappa shape index (κ1) is 16.2. The molecule has 25 heavy (non-hydrogen) atoms. The molecule has 0 aliphatic rings. The molecule has 0 bridgehead atoms. The van der Waals surface area contributed by atoms with Gasteiger partial charge in [-0.15, -0.1) is 23.1 Å². The van der Waals surface area contributed by atoms with Crippen molar-refractivity contribution in [3.05, 3.63) is 83.9 Å². The number of rotatable bonds is 4. The van der Waals surface area contributed by atoms with Crippen molar-refractivity contribution in [1.82, 2.24) is 0 Å². The molecular weight excluding hydrogens is 342 g/mol. The molecule has 4 rings (SSSR count). The van der Waals surface area contributed by atoms with Crippen LogP contribution in [-0.4, -0.2) is 6.26 Å². The molecule has 1 heterocycles. The van der Waals surface area contributed by atoms with Crippen LogP contribution >= 0.6 is 23.1 Å². The Morgan fingerprint density at radius 1 is 0.880 bits per heavy atom. The molecule has 0 saturated heterocycles. The lowest BCUT2D eigenvalue weighted by Gasteiger charge is -2.10. The number of hydrogen-bond acceptors (Lipinski definition) is 3. The number of thioether (sulfide) groups is 1. The van der Waals surface area contributed by atoms with Gasteiger partial charge in [-0.25, -0.2) is 0 Å². The first-order valence-electron chi connectivity index (χ1n) is 8.25. The maximum absolute atomic E-state index is 6.42. The maximum Gasteiger partial charge on any atom is 0.0950 e. The minimum Gasteiger partial charge on any atom is -0.390 e. The van der Waals surface area contributed by atoms with E-state index in [0.717, 1.165) is 11.4 Å². The van der Waals surface area contributed by atoms with Crippen LogP contribution in [0.25, 0.3) is 21.9 Å². The van der Waals surface area contributed by atoms with E-state index in [-0.39, 0.29) is 0 Å². The van der Waals surface area contributed by atoms with Crippen LogP contribution in [0.4, 0.5) is 5.00 Å². The van der Waals surface area contributed by atoms with Gasteiger partial charge in [0.2, 0.25) is 0 Å². The molecule has 0 spiro atoms. The van der Waals surface area contributed by atoms with Crippen LogP contribution < -0.4 is 5.73 Å². The third-order valence-electron chi connectivity index (χ3n) is 4.49. The van der Waals surface area contributed by atoms with Crippen LogP contribution in [0.3, 0.4) is 0 Å². The topological polar surface area (TPSA) is 26.0 Å². The van der Waals surface area contributed by atoms with Crippen molar-refractivity contribution < 1.29 is 0 Å². The van der Waals surface area contributed by atoms with Crippen molar-refractivity contribution in [2.75, 3.05) is 12.0 Å². The summed E-state index contributed by atoms with van der Waals surface area (Å²) in [6.45, 7) is 0. The van der Waals surface area contributed by atoms with Gasteiger partial charge in [-0.2, -0.15) is 0 Å². The Kier molecular flexibility index (Phi) is 4.51. The average molecular weight is 362 g/mol. The van der Waals surface area contributed by atoms with Gasteiger partial charge in [0.15, 0.2) is 0 Å². The van der Waals surface area contributed by atoms with Crippen LogP contribution in [0.5, 0.6) is 0 Å². The standard InChI is InChI=1S/C22H19NS2/c1-24-22-19(20(21(23)25-22)16-9-3-2-4-10-16)14-17-12-7-11-15-8-5-6-13-18(15)17/h2-13H,14,23H2,1H3. The summed E-state index contributed by atoms with van der Waals surface area (Å²) in [6.07, 6.45) is 3.03. The van der Waals surface area contributed by atoms with Crippen molar-refractivity contribution in [2.45, 2.75) is 10.6 Å². The highest BCUT2D eigenvalue weighted by Gasteiger charge is 2.18. The van der Waals surface area contributed by atoms with Gasteiger partial charge in [-0.1, -0.05) is 72.8 Å². The average Bonchev–Trinajstić information content (AvgIpc) is 2.98. The van der Waals surface area contributed by atoms with E-state index >= 15 is 0 Å². The molecule has 0 aliphatic carbocycles. The first-order valence-corrected chi connectivity index (χ1v) is 10.3. The van der Waals surface area contributed by atoms with E-state index in [1.54, 1.807) is 23.1 Å². The lowest BCUT2D eigenvalue weighted by molar-refractivity contribution is 1.19. The fourth-order valence-corrected chi connectivity index (χ4v) is 5.21. The Balaban J connectivity index is 1.88. The molecule has 0 amide bonds. The van der Waals surface area contributed by atoms with Crippen molar-refractivity contribution in [1.29, 1.82) is 0 Å². The van der Waals surface area contributed by atoms with Gasteiger partial charge >= 0.3 is 0 Å². The van der Waals surface area contributed by atoms with E-state index in [9.17, 15) is 0 Å². The van der Waals surface area contributed by atoms with Crippen LogP contribution in [0.15, 0.2) is 77.0 Å². The second kappa shape index (κ2) is 6.95. The number of anilines is 1. The van der Waals surface area contributed by atoms with E-state index in [1.165, 1.54) is 37.2 Å². The SMILES string of the molecule is CSc1sc(N)c(-c2ccccc2)c1Cc1cccc2ccccc12. The van der Waals surface area contributed by atoms with Crippen molar-refractivity contribution in [3.8, 4) is 11.1 Å². The van der Waals surface area contributed by atoms with E-state index in [2.05, 4.69) is 73.0 Å². The number of thiophene rings is 1. The molecule has 0 aliphatic heterocycles. The number of nitrogen functional groups attached to an aromatic ring is 1. The highest BCUT2D eigenvalue weighted by atomic mass is 32.2. The lowest BCUT2D eigenvalue weighted by Crippen LogP contribution is -1.94. The Hall–Kier alpha value is -2.23. The molecule has 3 heteroatoms. The van der Waals surface area contributed by atoms with Gasteiger partial charge in [0.05, 0.1) is 9.21 Å². The van der Waals surface area contributed by atoms with Gasteiger partial charge in [-0.3, -0.25) is 0 Å². The van der Waals surface area contributed by atoms with Gasteiger partial charge in [-0.05, 0) is 33.7 Å². The molecule has 0 unspecified atom stereocenters. The highest BCUT2D eigenvalue weighted by Crippen LogP contribution is 2.44. The summed E-state index contributed by atoms with van der Waals surface area (Å²) in [7, 11) is 0. The molecule has 0 saturated carbocycles. The molecule has 124 valence electrons. The second-order valence-electron chi connectivity index (χ2n) is 5.99. The largest absolute Gasteiger partial charge is 0.390 e. The van der Waals surface area contributed by atoms with E-state index < -0.39 is 0 Å². The van der Waals surface area contributed by atoms with Gasteiger partial charge in [0, 0.05) is 12.0 Å². The van der Waals surface area contributed by atoms with Gasteiger partial charge < -0.3 is 5.73 Å². The molecule has 3 aromatic carbocycles. The summed E-state index contributed by atoms with van der Waals surface area (Å²) >= 11 is 3.49. The number of nitrogens with two attached hydrogens (primary N) is 1. The summed E-state index contributed by atoms with van der Waals surface area (Å²) in [4.78, 5) is 0. The summed E-state index contributed by atoms with van der Waals surface area (Å²) < 4.78 is 1.31. The second-order valence-corrected chi connectivity index (χ2v) is 8.12. The molecule has 2 N–H and O–H groups in total. The predicted octanol–water partition coefficient (Wildman–Crippen LogP) is 6.46. The molecule has 1 aromatic heterocycles. The van der Waals surface area contributed by atoms with Crippen LogP contribution in [-0.2, 0) is 6.42 Å². The van der Waals surface area contributed by atoms with Gasteiger partial charge in [0.25, 0.3) is 0 Å². The Morgan fingerprint density at radius 2 is 1.60 bits per heavy atom. The maximum atomic E-state index is 6.42. The van der Waals surface area contributed by atoms with Crippen LogP contribution in [0.1, 0.15) is 11.1 Å². The number of benzene rings is 3. The fourth-order valence-electron chi connectivity index (χ4n) is 3.35. The molecule has 1 nitrogen and oxygen atoms in total. The third-order valence-corrected chi connectivity index (χ3v) is 6.72. The minimum atomic E-state index is 0.898. The van der Waals surface area contributed by atoms with E-state index in [4.69, 9.17) is 5.73 Å². The summed E-state index contributed by atoms with van der Waals surface area (Å²) in [5, 5.41) is 3.52. The highest BCUT2D eigenvalue weighted by molar-refractivity contribution is 8.00. The molecule has 4 aromatic rings. The van der Waals surface area contributed by atoms with E-state index in [0.29, 0.717) is 0 Å². The zero-order valence-corrected chi connectivity index (χ0v) is 15.7. The quantitative estimate of drug-likeness (QED) is 0.422. The van der Waals surface area contributed by atoms with Gasteiger partial charge in [0.1, 0.15) is 0 Å². The lowest BCUT2D eigenvalue weighted by atomic mass is 9.95. The van der Waals surface area contributed by atoms with Crippen LogP contribution in [0.2, 0.25) is 0 Å². The normalized spacial score (nSPS) is 11.1. The zero-order chi connectivity index (χ0) is 17.2. The predicted molar refractivity (Wildman–Crippen MR) is 113 cm³/mol. The summed E-state index contributed by atoms with van der Waals surface area (Å²) in [5.41, 5.74) is 11.5. The molecule has 0 fully saturated rings. The van der Waals surface area contributed by atoms with E-state index in [1.807, 2.05) is 6.07 Å². The Morgan fingerprint density at radius 3 is 2.40 bits per heavy atom. The monoisotopic (exact) mass is 361 g/mol. The molecule has 0 radical (unpaired) electrons. The van der Waals surface area contributed by atoms with Crippen molar-refractivity contribution in [2.24, 2.45) is 0 Å². The van der Waals surface area contributed by atoms with Crippen molar-refractivity contribution in [3.63, 3.8) is 0 Å². The van der Waals surface area contributed by atoms with Crippen molar-refractivity contribution >= 4 is 38.9 Å². The minimum absolute atomic E-state index is 0.898. The molecule has 0 atom stereocenters. The first-order chi connectivity index (χ1) is 12.3. The Labute approximate surface area is 156 Å². The summed E-state index contributed by atoms with van der Waals surface area (Å²) in [5.74, 6) is 0. The smallest absolute Gasteiger partial charge is 0.0950 e. The zero-order valence-electron chi connectivity index (χ0n) is 14.0. The summed E-state index contributed by atoms with van der Waals surface area (Å²) in [6, 6.07) is 25.6.